The Morgan fingerprint density at radius 1 is 1.20 bits per heavy atom. The summed E-state index contributed by atoms with van der Waals surface area (Å²) in [6.07, 6.45) is 7.22. The Morgan fingerprint density at radius 2 is 2.00 bits per heavy atom. The lowest BCUT2D eigenvalue weighted by Crippen LogP contribution is -2.13. The van der Waals surface area contributed by atoms with Gasteiger partial charge < -0.3 is 10.6 Å². The summed E-state index contributed by atoms with van der Waals surface area (Å²) in [5.74, 6) is 1.09. The third kappa shape index (κ3) is 3.32. The summed E-state index contributed by atoms with van der Waals surface area (Å²) in [7, 11) is 0. The van der Waals surface area contributed by atoms with E-state index in [1.807, 2.05) is 24.3 Å². The SMILES string of the molecule is O=C(Nc1ccc(NCc2ccncc2)nc1)C1CC1. The summed E-state index contributed by atoms with van der Waals surface area (Å²) in [4.78, 5) is 19.9. The molecule has 5 nitrogen and oxygen atoms in total. The van der Waals surface area contributed by atoms with Gasteiger partial charge in [0.2, 0.25) is 5.91 Å². The molecule has 102 valence electrons. The molecule has 1 fully saturated rings. The second kappa shape index (κ2) is 5.69. The van der Waals surface area contributed by atoms with E-state index in [0.29, 0.717) is 6.54 Å². The molecule has 3 rings (SSSR count). The van der Waals surface area contributed by atoms with Crippen LogP contribution < -0.4 is 10.6 Å². The molecule has 0 radical (unpaired) electrons. The van der Waals surface area contributed by atoms with E-state index in [2.05, 4.69) is 20.6 Å². The normalized spacial score (nSPS) is 13.8. The first-order valence-corrected chi connectivity index (χ1v) is 6.71. The number of carbonyl (C=O) groups excluding carboxylic acids is 1. The van der Waals surface area contributed by atoms with Gasteiger partial charge in [-0.1, -0.05) is 0 Å². The minimum Gasteiger partial charge on any atom is -0.366 e. The first-order chi connectivity index (χ1) is 9.81. The number of rotatable bonds is 5. The second-order valence-electron chi connectivity index (χ2n) is 4.90. The first-order valence-electron chi connectivity index (χ1n) is 6.71. The Labute approximate surface area is 117 Å². The van der Waals surface area contributed by atoms with E-state index in [1.54, 1.807) is 18.6 Å². The predicted molar refractivity (Wildman–Crippen MR) is 77.2 cm³/mol. The van der Waals surface area contributed by atoms with Crippen molar-refractivity contribution < 1.29 is 4.79 Å². The van der Waals surface area contributed by atoms with Gasteiger partial charge in [-0.15, -0.1) is 0 Å². The number of anilines is 2. The number of aromatic nitrogens is 2. The number of carbonyl (C=O) groups is 1. The molecule has 1 aliphatic carbocycles. The highest BCUT2D eigenvalue weighted by Crippen LogP contribution is 2.30. The highest BCUT2D eigenvalue weighted by Gasteiger charge is 2.29. The van der Waals surface area contributed by atoms with Crippen LogP contribution in [0.4, 0.5) is 11.5 Å². The molecule has 0 atom stereocenters. The lowest BCUT2D eigenvalue weighted by Gasteiger charge is -2.07. The largest absolute Gasteiger partial charge is 0.366 e. The summed E-state index contributed by atoms with van der Waals surface area (Å²) in [5, 5.41) is 6.09. The number of nitrogens with one attached hydrogen (secondary N) is 2. The average Bonchev–Trinajstić information content (AvgIpc) is 3.32. The molecule has 1 saturated carbocycles. The van der Waals surface area contributed by atoms with Gasteiger partial charge in [-0.05, 0) is 42.7 Å². The first kappa shape index (κ1) is 12.6. The standard InChI is InChI=1S/C15H16N4O/c20-15(12-1-2-12)19-13-3-4-14(18-10-13)17-9-11-5-7-16-8-6-11/h3-8,10,12H,1-2,9H2,(H,17,18)(H,19,20). The van der Waals surface area contributed by atoms with E-state index < -0.39 is 0 Å². The maximum atomic E-state index is 11.6. The molecule has 0 saturated heterocycles. The van der Waals surface area contributed by atoms with Crippen LogP contribution in [0.2, 0.25) is 0 Å². The molecule has 1 amide bonds. The zero-order valence-electron chi connectivity index (χ0n) is 11.0. The van der Waals surface area contributed by atoms with Gasteiger partial charge in [0.15, 0.2) is 0 Å². The van der Waals surface area contributed by atoms with Crippen LogP contribution in [0.1, 0.15) is 18.4 Å². The van der Waals surface area contributed by atoms with Crippen LogP contribution in [0, 0.1) is 5.92 Å². The highest BCUT2D eigenvalue weighted by atomic mass is 16.2. The molecular formula is C15H16N4O. The predicted octanol–water partition coefficient (Wildman–Crippen LogP) is 2.44. The van der Waals surface area contributed by atoms with Gasteiger partial charge in [-0.25, -0.2) is 4.98 Å². The van der Waals surface area contributed by atoms with Crippen LogP contribution in [-0.4, -0.2) is 15.9 Å². The number of hydrogen-bond acceptors (Lipinski definition) is 4. The molecule has 2 heterocycles. The van der Waals surface area contributed by atoms with Gasteiger partial charge in [0.05, 0.1) is 11.9 Å². The van der Waals surface area contributed by atoms with Crippen molar-refractivity contribution in [2.45, 2.75) is 19.4 Å². The third-order valence-electron chi connectivity index (χ3n) is 3.20. The number of nitrogens with zero attached hydrogens (tertiary/aromatic N) is 2. The van der Waals surface area contributed by atoms with E-state index in [0.717, 1.165) is 29.9 Å². The quantitative estimate of drug-likeness (QED) is 0.874. The fourth-order valence-electron chi connectivity index (χ4n) is 1.86. The van der Waals surface area contributed by atoms with Crippen molar-refractivity contribution in [2.24, 2.45) is 5.92 Å². The van der Waals surface area contributed by atoms with Gasteiger partial charge >= 0.3 is 0 Å². The maximum absolute atomic E-state index is 11.6. The van der Waals surface area contributed by atoms with E-state index in [9.17, 15) is 4.79 Å². The minimum atomic E-state index is 0.101. The fraction of sp³-hybridized carbons (Fsp3) is 0.267. The Bertz CT molecular complexity index is 579. The summed E-state index contributed by atoms with van der Waals surface area (Å²) < 4.78 is 0. The molecule has 5 heteroatoms. The number of pyridine rings is 2. The summed E-state index contributed by atoms with van der Waals surface area (Å²) in [6, 6.07) is 7.64. The van der Waals surface area contributed by atoms with E-state index in [4.69, 9.17) is 0 Å². The lowest BCUT2D eigenvalue weighted by molar-refractivity contribution is -0.117. The molecular weight excluding hydrogens is 252 g/mol. The summed E-state index contributed by atoms with van der Waals surface area (Å²) in [5.41, 5.74) is 1.89. The zero-order valence-corrected chi connectivity index (χ0v) is 11.0. The number of amides is 1. The molecule has 0 aliphatic heterocycles. The molecule has 1 aliphatic rings. The number of hydrogen-bond donors (Lipinski definition) is 2. The topological polar surface area (TPSA) is 66.9 Å². The monoisotopic (exact) mass is 268 g/mol. The second-order valence-corrected chi connectivity index (χ2v) is 4.90. The van der Waals surface area contributed by atoms with Crippen LogP contribution in [0.5, 0.6) is 0 Å². The Kier molecular flexibility index (Phi) is 3.58. The van der Waals surface area contributed by atoms with Crippen LogP contribution in [0.15, 0.2) is 42.9 Å². The van der Waals surface area contributed by atoms with Gasteiger partial charge in [0, 0.05) is 24.9 Å². The fourth-order valence-corrected chi connectivity index (χ4v) is 1.86. The highest BCUT2D eigenvalue weighted by molar-refractivity contribution is 5.93. The molecule has 0 bridgehead atoms. The van der Waals surface area contributed by atoms with Crippen LogP contribution in [0.25, 0.3) is 0 Å². The third-order valence-corrected chi connectivity index (χ3v) is 3.20. The van der Waals surface area contributed by atoms with Crippen molar-refractivity contribution in [3.05, 3.63) is 48.4 Å². The molecule has 0 unspecified atom stereocenters. The van der Waals surface area contributed by atoms with Crippen molar-refractivity contribution in [3.63, 3.8) is 0 Å². The van der Waals surface area contributed by atoms with E-state index in [-0.39, 0.29) is 11.8 Å². The Morgan fingerprint density at radius 3 is 2.65 bits per heavy atom. The molecule has 2 aromatic rings. The van der Waals surface area contributed by atoms with E-state index in [1.165, 1.54) is 0 Å². The molecule has 2 N–H and O–H groups in total. The van der Waals surface area contributed by atoms with Gasteiger partial charge in [-0.2, -0.15) is 0 Å². The Balaban J connectivity index is 1.54. The molecule has 2 aromatic heterocycles. The van der Waals surface area contributed by atoms with Crippen LogP contribution in [-0.2, 0) is 11.3 Å². The van der Waals surface area contributed by atoms with Crippen molar-refractivity contribution in [1.82, 2.24) is 9.97 Å². The zero-order chi connectivity index (χ0) is 13.8. The van der Waals surface area contributed by atoms with Crippen molar-refractivity contribution >= 4 is 17.4 Å². The molecule has 20 heavy (non-hydrogen) atoms. The van der Waals surface area contributed by atoms with Crippen LogP contribution >= 0.6 is 0 Å². The van der Waals surface area contributed by atoms with Crippen molar-refractivity contribution in [2.75, 3.05) is 10.6 Å². The van der Waals surface area contributed by atoms with Gasteiger partial charge in [0.1, 0.15) is 5.82 Å². The lowest BCUT2D eigenvalue weighted by atomic mass is 10.3. The van der Waals surface area contributed by atoms with Crippen molar-refractivity contribution in [1.29, 1.82) is 0 Å². The average molecular weight is 268 g/mol. The van der Waals surface area contributed by atoms with Crippen LogP contribution in [0.3, 0.4) is 0 Å². The summed E-state index contributed by atoms with van der Waals surface area (Å²) in [6.45, 7) is 0.698. The smallest absolute Gasteiger partial charge is 0.227 e. The minimum absolute atomic E-state index is 0.101. The molecule has 0 spiro atoms. The van der Waals surface area contributed by atoms with E-state index >= 15 is 0 Å². The molecule has 0 aromatic carbocycles. The maximum Gasteiger partial charge on any atom is 0.227 e. The Hall–Kier alpha value is -2.43. The van der Waals surface area contributed by atoms with Crippen molar-refractivity contribution in [3.8, 4) is 0 Å². The van der Waals surface area contributed by atoms with Gasteiger partial charge in [0.25, 0.3) is 0 Å². The summed E-state index contributed by atoms with van der Waals surface area (Å²) >= 11 is 0. The van der Waals surface area contributed by atoms with Gasteiger partial charge in [-0.3, -0.25) is 9.78 Å².